The summed E-state index contributed by atoms with van der Waals surface area (Å²) in [6.45, 7) is 8.12. The van der Waals surface area contributed by atoms with Crippen molar-refractivity contribution < 1.29 is 14.3 Å². The van der Waals surface area contributed by atoms with Crippen LogP contribution in [0.4, 0.5) is 0 Å². The van der Waals surface area contributed by atoms with Crippen LogP contribution in [0, 0.1) is 0 Å². The number of hydrogen-bond donors (Lipinski definition) is 0. The molecule has 0 N–H and O–H groups in total. The molecule has 0 aromatic carbocycles. The zero-order valence-corrected chi connectivity index (χ0v) is 12.3. The molecule has 0 aliphatic carbocycles. The smallest absolute Gasteiger partial charge is 0.302 e. The van der Waals surface area contributed by atoms with E-state index in [1.54, 1.807) is 21.0 Å². The Morgan fingerprint density at radius 3 is 1.53 bits per heavy atom. The molecule has 0 aliphatic heterocycles. The van der Waals surface area contributed by atoms with Crippen LogP contribution < -0.4 is 0 Å². The summed E-state index contributed by atoms with van der Waals surface area (Å²) in [5, 5.41) is 0. The standard InChI is InChI=1S/C6H14.C4H8O2.C3H7NO/c1-3-5-6-4-2;1-3-6-4(2)5;1-4(2)3-5/h3-6H2,1-2H3;3H2,1-2H3;3H,1-2H3. The molecular formula is C13H29NO3. The Hall–Kier alpha value is -1.06. The molecule has 0 fully saturated rings. The van der Waals surface area contributed by atoms with Gasteiger partial charge in [-0.25, -0.2) is 0 Å². The summed E-state index contributed by atoms with van der Waals surface area (Å²) in [6.07, 6.45) is 6.29. The van der Waals surface area contributed by atoms with Gasteiger partial charge in [-0.15, -0.1) is 0 Å². The average molecular weight is 247 g/mol. The fraction of sp³-hybridized carbons (Fsp3) is 0.846. The van der Waals surface area contributed by atoms with E-state index >= 15 is 0 Å². The normalized spacial score (nSPS) is 7.88. The van der Waals surface area contributed by atoms with Crippen molar-refractivity contribution in [1.82, 2.24) is 4.90 Å². The second-order valence-corrected chi connectivity index (χ2v) is 3.70. The predicted molar refractivity (Wildman–Crippen MR) is 71.9 cm³/mol. The van der Waals surface area contributed by atoms with Gasteiger partial charge in [-0.1, -0.05) is 39.5 Å². The summed E-state index contributed by atoms with van der Waals surface area (Å²) in [7, 11) is 3.38. The molecule has 0 unspecified atom stereocenters. The Balaban J connectivity index is -0.000000174. The van der Waals surface area contributed by atoms with Crippen LogP contribution >= 0.6 is 0 Å². The van der Waals surface area contributed by atoms with Crippen LogP contribution in [0.5, 0.6) is 0 Å². The number of esters is 1. The molecule has 1 amide bonds. The SMILES string of the molecule is CCCCCC.CCOC(C)=O.CN(C)C=O. The Bertz CT molecular complexity index is 155. The molecule has 4 heteroatoms. The van der Waals surface area contributed by atoms with E-state index in [9.17, 15) is 9.59 Å². The van der Waals surface area contributed by atoms with Crippen LogP contribution in [0.3, 0.4) is 0 Å². The van der Waals surface area contributed by atoms with E-state index in [4.69, 9.17) is 0 Å². The fourth-order valence-electron chi connectivity index (χ4n) is 0.703. The number of rotatable bonds is 5. The fourth-order valence-corrected chi connectivity index (χ4v) is 0.703. The lowest BCUT2D eigenvalue weighted by atomic mass is 10.2. The molecule has 0 bridgehead atoms. The highest BCUT2D eigenvalue weighted by molar-refractivity contribution is 5.65. The molecule has 104 valence electrons. The van der Waals surface area contributed by atoms with Crippen LogP contribution in [0.15, 0.2) is 0 Å². The maximum absolute atomic E-state index is 9.82. The Kier molecular flexibility index (Phi) is 25.5. The molecule has 17 heavy (non-hydrogen) atoms. The van der Waals surface area contributed by atoms with Crippen molar-refractivity contribution in [3.05, 3.63) is 0 Å². The monoisotopic (exact) mass is 247 g/mol. The number of unbranched alkanes of at least 4 members (excludes halogenated alkanes) is 3. The van der Waals surface area contributed by atoms with Crippen molar-refractivity contribution in [2.75, 3.05) is 20.7 Å². The lowest BCUT2D eigenvalue weighted by Crippen LogP contribution is -2.06. The lowest BCUT2D eigenvalue weighted by Gasteiger charge is -1.93. The minimum atomic E-state index is -0.211. The van der Waals surface area contributed by atoms with Gasteiger partial charge in [0.05, 0.1) is 6.61 Å². The molecular weight excluding hydrogens is 218 g/mol. The van der Waals surface area contributed by atoms with Crippen molar-refractivity contribution in [3.8, 4) is 0 Å². The first-order valence-corrected chi connectivity index (χ1v) is 6.21. The van der Waals surface area contributed by atoms with E-state index in [-0.39, 0.29) is 5.97 Å². The molecule has 0 heterocycles. The van der Waals surface area contributed by atoms with Gasteiger partial charge in [0.15, 0.2) is 0 Å². The van der Waals surface area contributed by atoms with E-state index in [1.807, 2.05) is 0 Å². The van der Waals surface area contributed by atoms with Gasteiger partial charge in [0.25, 0.3) is 0 Å². The molecule has 0 rings (SSSR count). The number of ether oxygens (including phenoxy) is 1. The van der Waals surface area contributed by atoms with Crippen molar-refractivity contribution >= 4 is 12.4 Å². The van der Waals surface area contributed by atoms with Crippen LogP contribution in [-0.2, 0) is 14.3 Å². The van der Waals surface area contributed by atoms with Crippen molar-refractivity contribution in [1.29, 1.82) is 0 Å². The number of carbonyl (C=O) groups is 2. The molecule has 0 aromatic heterocycles. The van der Waals surface area contributed by atoms with Gasteiger partial charge < -0.3 is 9.64 Å². The Morgan fingerprint density at radius 2 is 1.47 bits per heavy atom. The van der Waals surface area contributed by atoms with Crippen LogP contribution in [0.25, 0.3) is 0 Å². The summed E-state index contributed by atoms with van der Waals surface area (Å²) >= 11 is 0. The van der Waals surface area contributed by atoms with Crippen LogP contribution in [-0.4, -0.2) is 38.0 Å². The number of hydrogen-bond acceptors (Lipinski definition) is 3. The first-order chi connectivity index (χ1) is 7.95. The molecule has 0 saturated carbocycles. The minimum Gasteiger partial charge on any atom is -0.466 e. The van der Waals surface area contributed by atoms with Crippen molar-refractivity contribution in [3.63, 3.8) is 0 Å². The first-order valence-electron chi connectivity index (χ1n) is 6.21. The molecule has 0 spiro atoms. The number of nitrogens with zero attached hydrogens (tertiary/aromatic N) is 1. The predicted octanol–water partition coefficient (Wildman–Crippen LogP) is 2.86. The third kappa shape index (κ3) is 51.9. The largest absolute Gasteiger partial charge is 0.466 e. The molecule has 0 aliphatic rings. The molecule has 0 atom stereocenters. The average Bonchev–Trinajstić information content (AvgIpc) is 2.27. The molecule has 0 saturated heterocycles. The quantitative estimate of drug-likeness (QED) is 0.426. The highest BCUT2D eigenvalue weighted by Gasteiger charge is 1.81. The van der Waals surface area contributed by atoms with E-state index in [1.165, 1.54) is 37.5 Å². The van der Waals surface area contributed by atoms with Gasteiger partial charge in [-0.3, -0.25) is 9.59 Å². The highest BCUT2D eigenvalue weighted by atomic mass is 16.5. The first kappa shape index (κ1) is 21.2. The zero-order valence-electron chi connectivity index (χ0n) is 12.3. The number of carbonyl (C=O) groups excluding carboxylic acids is 2. The van der Waals surface area contributed by atoms with Gasteiger partial charge in [0.1, 0.15) is 0 Å². The minimum absolute atomic E-state index is 0.211. The Labute approximate surface area is 106 Å². The maximum Gasteiger partial charge on any atom is 0.302 e. The van der Waals surface area contributed by atoms with Gasteiger partial charge in [0, 0.05) is 21.0 Å². The van der Waals surface area contributed by atoms with E-state index in [0.717, 1.165) is 6.41 Å². The van der Waals surface area contributed by atoms with Gasteiger partial charge in [0.2, 0.25) is 6.41 Å². The lowest BCUT2D eigenvalue weighted by molar-refractivity contribution is -0.140. The van der Waals surface area contributed by atoms with Gasteiger partial charge >= 0.3 is 5.97 Å². The van der Waals surface area contributed by atoms with Gasteiger partial charge in [-0.05, 0) is 6.92 Å². The molecule has 4 nitrogen and oxygen atoms in total. The zero-order chi connectivity index (χ0) is 14.1. The van der Waals surface area contributed by atoms with E-state index in [0.29, 0.717) is 6.61 Å². The van der Waals surface area contributed by atoms with E-state index < -0.39 is 0 Å². The summed E-state index contributed by atoms with van der Waals surface area (Å²) in [4.78, 5) is 20.7. The van der Waals surface area contributed by atoms with E-state index in [2.05, 4.69) is 18.6 Å². The van der Waals surface area contributed by atoms with Gasteiger partial charge in [-0.2, -0.15) is 0 Å². The highest BCUT2D eigenvalue weighted by Crippen LogP contribution is 1.95. The van der Waals surface area contributed by atoms with Crippen LogP contribution in [0.1, 0.15) is 53.4 Å². The summed E-state index contributed by atoms with van der Waals surface area (Å²) in [6, 6.07) is 0. The van der Waals surface area contributed by atoms with Crippen LogP contribution in [0.2, 0.25) is 0 Å². The summed E-state index contributed by atoms with van der Waals surface area (Å²) in [5.74, 6) is -0.211. The molecule has 0 aromatic rings. The second kappa shape index (κ2) is 20.4. The molecule has 0 radical (unpaired) electrons. The topological polar surface area (TPSA) is 46.6 Å². The van der Waals surface area contributed by atoms with Crippen molar-refractivity contribution in [2.45, 2.75) is 53.4 Å². The second-order valence-electron chi connectivity index (χ2n) is 3.70. The summed E-state index contributed by atoms with van der Waals surface area (Å²) < 4.78 is 4.40. The third-order valence-electron chi connectivity index (χ3n) is 1.52. The Morgan fingerprint density at radius 1 is 1.12 bits per heavy atom. The van der Waals surface area contributed by atoms with Crippen molar-refractivity contribution in [2.24, 2.45) is 0 Å². The maximum atomic E-state index is 9.82. The number of amides is 1. The third-order valence-corrected chi connectivity index (χ3v) is 1.52. The summed E-state index contributed by atoms with van der Waals surface area (Å²) in [5.41, 5.74) is 0.